The topological polar surface area (TPSA) is 48.1 Å². The van der Waals surface area contributed by atoms with E-state index in [1.165, 1.54) is 5.56 Å². The Balaban J connectivity index is 2.29. The smallest absolute Gasteiger partial charge is 0.219 e. The van der Waals surface area contributed by atoms with Gasteiger partial charge in [-0.2, -0.15) is 0 Å². The van der Waals surface area contributed by atoms with E-state index in [1.807, 2.05) is 26.0 Å². The SMILES string of the molecule is Cc1ccc(C(C)C)cc1Oc1ccc(CN)c(C)n1. The second-order valence-corrected chi connectivity index (χ2v) is 5.38. The Morgan fingerprint density at radius 1 is 1.15 bits per heavy atom. The lowest BCUT2D eigenvalue weighted by Crippen LogP contribution is -2.02. The fourth-order valence-corrected chi connectivity index (χ4v) is 2.04. The van der Waals surface area contributed by atoms with Crippen LogP contribution in [0.2, 0.25) is 0 Å². The first-order valence-electron chi connectivity index (χ1n) is 6.96. The van der Waals surface area contributed by atoms with Crippen molar-refractivity contribution in [2.45, 2.75) is 40.2 Å². The Bertz CT molecular complexity index is 606. The van der Waals surface area contributed by atoms with E-state index in [1.54, 1.807) is 0 Å². The van der Waals surface area contributed by atoms with Crippen molar-refractivity contribution in [2.75, 3.05) is 0 Å². The van der Waals surface area contributed by atoms with Crippen LogP contribution >= 0.6 is 0 Å². The predicted octanol–water partition coefficient (Wildman–Crippen LogP) is 4.07. The molecule has 20 heavy (non-hydrogen) atoms. The summed E-state index contributed by atoms with van der Waals surface area (Å²) >= 11 is 0. The Labute approximate surface area is 120 Å². The van der Waals surface area contributed by atoms with Gasteiger partial charge in [-0.25, -0.2) is 4.98 Å². The number of hydrogen-bond donors (Lipinski definition) is 1. The molecule has 0 aliphatic rings. The predicted molar refractivity (Wildman–Crippen MR) is 82.2 cm³/mol. The van der Waals surface area contributed by atoms with Crippen LogP contribution < -0.4 is 10.5 Å². The fourth-order valence-electron chi connectivity index (χ4n) is 2.04. The highest BCUT2D eigenvalue weighted by Crippen LogP contribution is 2.28. The maximum Gasteiger partial charge on any atom is 0.219 e. The van der Waals surface area contributed by atoms with E-state index in [-0.39, 0.29) is 0 Å². The van der Waals surface area contributed by atoms with Gasteiger partial charge < -0.3 is 10.5 Å². The van der Waals surface area contributed by atoms with Gasteiger partial charge in [0.2, 0.25) is 5.88 Å². The zero-order valence-electron chi connectivity index (χ0n) is 12.6. The summed E-state index contributed by atoms with van der Waals surface area (Å²) in [5.74, 6) is 1.96. The van der Waals surface area contributed by atoms with Crippen LogP contribution in [0.4, 0.5) is 0 Å². The van der Waals surface area contributed by atoms with Crippen LogP contribution in [0.5, 0.6) is 11.6 Å². The first-order chi connectivity index (χ1) is 9.51. The molecule has 0 saturated heterocycles. The first kappa shape index (κ1) is 14.5. The Hall–Kier alpha value is -1.87. The monoisotopic (exact) mass is 270 g/mol. The van der Waals surface area contributed by atoms with Crippen LogP contribution in [-0.4, -0.2) is 4.98 Å². The van der Waals surface area contributed by atoms with Gasteiger partial charge in [0.1, 0.15) is 5.75 Å². The number of aromatic nitrogens is 1. The van der Waals surface area contributed by atoms with Crippen molar-refractivity contribution in [3.8, 4) is 11.6 Å². The van der Waals surface area contributed by atoms with Crippen molar-refractivity contribution < 1.29 is 4.74 Å². The van der Waals surface area contributed by atoms with E-state index >= 15 is 0 Å². The van der Waals surface area contributed by atoms with E-state index < -0.39 is 0 Å². The molecule has 106 valence electrons. The number of benzene rings is 1. The molecule has 0 aliphatic heterocycles. The van der Waals surface area contributed by atoms with Crippen LogP contribution in [0.3, 0.4) is 0 Å². The third-order valence-electron chi connectivity index (χ3n) is 3.48. The van der Waals surface area contributed by atoms with E-state index in [0.29, 0.717) is 18.3 Å². The lowest BCUT2D eigenvalue weighted by atomic mass is 10.0. The molecule has 3 heteroatoms. The molecule has 2 N–H and O–H groups in total. The Morgan fingerprint density at radius 2 is 1.90 bits per heavy atom. The molecule has 0 aliphatic carbocycles. The van der Waals surface area contributed by atoms with Gasteiger partial charge in [-0.15, -0.1) is 0 Å². The Kier molecular flexibility index (Phi) is 4.40. The molecule has 2 rings (SSSR count). The van der Waals surface area contributed by atoms with E-state index in [9.17, 15) is 0 Å². The number of pyridine rings is 1. The number of ether oxygens (including phenoxy) is 1. The van der Waals surface area contributed by atoms with Crippen LogP contribution in [0.25, 0.3) is 0 Å². The maximum absolute atomic E-state index is 5.93. The summed E-state index contributed by atoms with van der Waals surface area (Å²) < 4.78 is 5.93. The van der Waals surface area contributed by atoms with Crippen molar-refractivity contribution in [1.29, 1.82) is 0 Å². The molecule has 0 amide bonds. The number of rotatable bonds is 4. The molecular formula is C17H22N2O. The van der Waals surface area contributed by atoms with Crippen LogP contribution in [0, 0.1) is 13.8 Å². The number of nitrogens with zero attached hydrogens (tertiary/aromatic N) is 1. The summed E-state index contributed by atoms with van der Waals surface area (Å²) in [6.07, 6.45) is 0. The molecule has 3 nitrogen and oxygen atoms in total. The van der Waals surface area contributed by atoms with Crippen molar-refractivity contribution in [3.05, 3.63) is 52.7 Å². The largest absolute Gasteiger partial charge is 0.439 e. The minimum absolute atomic E-state index is 0.479. The van der Waals surface area contributed by atoms with Gasteiger partial charge in [0.15, 0.2) is 0 Å². The standard InChI is InChI=1S/C17H22N2O/c1-11(2)14-6-5-12(3)16(9-14)20-17-8-7-15(10-18)13(4)19-17/h5-9,11H,10,18H2,1-4H3. The summed E-state index contributed by atoms with van der Waals surface area (Å²) in [6, 6.07) is 10.2. The van der Waals surface area contributed by atoms with Gasteiger partial charge in [0.25, 0.3) is 0 Å². The third kappa shape index (κ3) is 3.17. The molecule has 0 spiro atoms. The van der Waals surface area contributed by atoms with E-state index in [4.69, 9.17) is 10.5 Å². The lowest BCUT2D eigenvalue weighted by molar-refractivity contribution is 0.456. The normalized spacial score (nSPS) is 10.9. The van der Waals surface area contributed by atoms with Crippen LogP contribution in [0.1, 0.15) is 42.1 Å². The van der Waals surface area contributed by atoms with Gasteiger partial charge in [0.05, 0.1) is 0 Å². The zero-order valence-corrected chi connectivity index (χ0v) is 12.6. The van der Waals surface area contributed by atoms with Crippen molar-refractivity contribution in [1.82, 2.24) is 4.98 Å². The van der Waals surface area contributed by atoms with Gasteiger partial charge in [0, 0.05) is 18.3 Å². The molecule has 0 unspecified atom stereocenters. The van der Waals surface area contributed by atoms with Crippen LogP contribution in [-0.2, 0) is 6.54 Å². The van der Waals surface area contributed by atoms with Gasteiger partial charge in [-0.1, -0.05) is 32.0 Å². The second kappa shape index (κ2) is 6.06. The fraction of sp³-hybridized carbons (Fsp3) is 0.353. The van der Waals surface area contributed by atoms with Crippen LogP contribution in [0.15, 0.2) is 30.3 Å². The highest BCUT2D eigenvalue weighted by atomic mass is 16.5. The molecular weight excluding hydrogens is 248 g/mol. The van der Waals surface area contributed by atoms with E-state index in [0.717, 1.165) is 22.6 Å². The number of nitrogens with two attached hydrogens (primary N) is 1. The number of hydrogen-bond acceptors (Lipinski definition) is 3. The molecule has 1 heterocycles. The lowest BCUT2D eigenvalue weighted by Gasteiger charge is -2.13. The minimum Gasteiger partial charge on any atom is -0.439 e. The summed E-state index contributed by atoms with van der Waals surface area (Å²) in [6.45, 7) is 8.84. The van der Waals surface area contributed by atoms with Gasteiger partial charge in [-0.05, 0) is 42.5 Å². The highest BCUT2D eigenvalue weighted by molar-refractivity contribution is 5.40. The third-order valence-corrected chi connectivity index (χ3v) is 3.48. The summed E-state index contributed by atoms with van der Waals surface area (Å²) in [4.78, 5) is 4.45. The minimum atomic E-state index is 0.479. The average Bonchev–Trinajstić information content (AvgIpc) is 2.41. The van der Waals surface area contributed by atoms with Gasteiger partial charge >= 0.3 is 0 Å². The zero-order chi connectivity index (χ0) is 14.7. The molecule has 2 aromatic rings. The molecule has 0 saturated carbocycles. The van der Waals surface area contributed by atoms with Crippen molar-refractivity contribution in [3.63, 3.8) is 0 Å². The molecule has 1 aromatic heterocycles. The van der Waals surface area contributed by atoms with Crippen molar-refractivity contribution in [2.24, 2.45) is 5.73 Å². The Morgan fingerprint density at radius 3 is 2.50 bits per heavy atom. The van der Waals surface area contributed by atoms with E-state index in [2.05, 4.69) is 37.0 Å². The first-order valence-corrected chi connectivity index (χ1v) is 6.96. The quantitative estimate of drug-likeness (QED) is 0.911. The van der Waals surface area contributed by atoms with Gasteiger partial charge in [-0.3, -0.25) is 0 Å². The summed E-state index contributed by atoms with van der Waals surface area (Å²) in [5, 5.41) is 0. The molecule has 0 radical (unpaired) electrons. The average molecular weight is 270 g/mol. The van der Waals surface area contributed by atoms with Crippen molar-refractivity contribution >= 4 is 0 Å². The summed E-state index contributed by atoms with van der Waals surface area (Å²) in [5.41, 5.74) is 9.99. The maximum atomic E-state index is 5.93. The molecule has 0 atom stereocenters. The molecule has 1 aromatic carbocycles. The summed E-state index contributed by atoms with van der Waals surface area (Å²) in [7, 11) is 0. The highest BCUT2D eigenvalue weighted by Gasteiger charge is 2.07. The molecule has 0 bridgehead atoms. The second-order valence-electron chi connectivity index (χ2n) is 5.38. The molecule has 0 fully saturated rings. The number of aryl methyl sites for hydroxylation is 2.